The summed E-state index contributed by atoms with van der Waals surface area (Å²) in [4.78, 5) is 18.5. The minimum atomic E-state index is 0.269. The fourth-order valence-electron chi connectivity index (χ4n) is 8.55. The normalized spacial score (nSPS) is 12.7. The fourth-order valence-corrected chi connectivity index (χ4v) is 8.55. The number of hydrogen-bond acceptors (Lipinski definition) is 10. The Morgan fingerprint density at radius 3 is 1.27 bits per heavy atom. The lowest BCUT2D eigenvalue weighted by atomic mass is 10.0. The largest absolute Gasteiger partial charge is 0.454 e. The second-order valence-corrected chi connectivity index (χ2v) is 15.9. The molecule has 0 amide bonds. The first-order valence-corrected chi connectivity index (χ1v) is 21.5. The summed E-state index contributed by atoms with van der Waals surface area (Å²) >= 11 is 0. The minimum absolute atomic E-state index is 0.269. The van der Waals surface area contributed by atoms with Gasteiger partial charge in [-0.2, -0.15) is 0 Å². The highest BCUT2D eigenvalue weighted by Crippen LogP contribution is 2.39. The number of benzene rings is 6. The maximum atomic E-state index is 5.65. The number of rotatable bonds is 10. The molecule has 2 aliphatic rings. The van der Waals surface area contributed by atoms with Crippen LogP contribution in [0, 0.1) is 0 Å². The van der Waals surface area contributed by atoms with Crippen LogP contribution in [0.2, 0.25) is 0 Å². The summed E-state index contributed by atoms with van der Waals surface area (Å²) in [5.41, 5.74) is 26.1. The molecular weight excluding hydrogens is 801 g/mol. The summed E-state index contributed by atoms with van der Waals surface area (Å²) in [7, 11) is 0. The van der Waals surface area contributed by atoms with Crippen molar-refractivity contribution in [1.82, 2.24) is 29.1 Å². The van der Waals surface area contributed by atoms with E-state index in [9.17, 15) is 0 Å². The summed E-state index contributed by atoms with van der Waals surface area (Å²) in [6.45, 7) is 1.95. The van der Waals surface area contributed by atoms with Crippen LogP contribution in [-0.2, 0) is 12.8 Å². The second-order valence-electron chi connectivity index (χ2n) is 15.9. The van der Waals surface area contributed by atoms with E-state index in [0.29, 0.717) is 13.1 Å². The molecule has 4 N–H and O–H groups in total. The zero-order valence-electron chi connectivity index (χ0n) is 35.0. The quantitative estimate of drug-likeness (QED) is 0.136. The monoisotopic (exact) mass is 844 g/mol. The first kappa shape index (κ1) is 39.1. The van der Waals surface area contributed by atoms with Crippen LogP contribution in [-0.4, -0.2) is 55.7 Å². The lowest BCUT2D eigenvalue weighted by Gasteiger charge is -2.10. The minimum Gasteiger partial charge on any atom is -0.454 e. The van der Waals surface area contributed by atoms with Gasteiger partial charge in [0.05, 0.1) is 34.5 Å². The van der Waals surface area contributed by atoms with E-state index in [1.807, 2.05) is 49.3 Å². The first-order chi connectivity index (χ1) is 31.6. The van der Waals surface area contributed by atoms with Gasteiger partial charge in [0.1, 0.15) is 23.7 Å². The van der Waals surface area contributed by atoms with E-state index in [-0.39, 0.29) is 13.6 Å². The van der Waals surface area contributed by atoms with Crippen molar-refractivity contribution in [3.63, 3.8) is 0 Å². The molecule has 64 heavy (non-hydrogen) atoms. The number of nitrogens with two attached hydrogens (primary N) is 2. The molecule has 6 heterocycles. The van der Waals surface area contributed by atoms with E-state index in [0.717, 1.165) is 126 Å². The predicted octanol–water partition coefficient (Wildman–Crippen LogP) is 9.72. The van der Waals surface area contributed by atoms with Crippen LogP contribution in [0.1, 0.15) is 24.0 Å². The van der Waals surface area contributed by atoms with Crippen molar-refractivity contribution in [1.29, 1.82) is 0 Å². The number of ether oxygens (including phenoxy) is 4. The molecule has 0 aliphatic carbocycles. The predicted molar refractivity (Wildman–Crippen MR) is 251 cm³/mol. The molecular formula is C52H44N8O4. The van der Waals surface area contributed by atoms with Crippen LogP contribution < -0.4 is 30.4 Å². The summed E-state index contributed by atoms with van der Waals surface area (Å²) in [6.07, 6.45) is 11.4. The molecule has 0 saturated heterocycles. The SMILES string of the molecule is NCCCc1ccc(-n2cnc3cnc4ccc(-c5ccc6c(c5)OCO6)cc4c32)cc1.NCCCc1ccc(-n2cnc3cnc4ccc(-c5ccc6c(c5)OCO6)cc4c32)cc1. The smallest absolute Gasteiger partial charge is 0.231 e. The van der Waals surface area contributed by atoms with Gasteiger partial charge in [-0.05, 0) is 145 Å². The van der Waals surface area contributed by atoms with Crippen LogP contribution in [0.4, 0.5) is 0 Å². The molecule has 316 valence electrons. The Balaban J connectivity index is 0.000000143. The molecule has 12 rings (SSSR count). The maximum absolute atomic E-state index is 5.65. The number of nitrogens with zero attached hydrogens (tertiary/aromatic N) is 6. The Morgan fingerprint density at radius 1 is 0.422 bits per heavy atom. The lowest BCUT2D eigenvalue weighted by molar-refractivity contribution is 0.173. The van der Waals surface area contributed by atoms with Crippen molar-refractivity contribution in [2.45, 2.75) is 25.7 Å². The Bertz CT molecular complexity index is 3100. The molecule has 6 aromatic carbocycles. The number of aromatic nitrogens is 6. The van der Waals surface area contributed by atoms with Crippen LogP contribution >= 0.6 is 0 Å². The average Bonchev–Trinajstić information content (AvgIpc) is 4.19. The molecule has 0 radical (unpaired) electrons. The molecule has 0 unspecified atom stereocenters. The average molecular weight is 845 g/mol. The van der Waals surface area contributed by atoms with Crippen LogP contribution in [0.5, 0.6) is 23.0 Å². The zero-order chi connectivity index (χ0) is 43.0. The van der Waals surface area contributed by atoms with Gasteiger partial charge < -0.3 is 30.4 Å². The van der Waals surface area contributed by atoms with Crippen molar-refractivity contribution in [3.8, 4) is 56.6 Å². The summed E-state index contributed by atoms with van der Waals surface area (Å²) < 4.78 is 26.3. The molecule has 12 nitrogen and oxygen atoms in total. The Hall–Kier alpha value is -7.80. The van der Waals surface area contributed by atoms with Gasteiger partial charge in [-0.1, -0.05) is 48.5 Å². The van der Waals surface area contributed by atoms with Crippen LogP contribution in [0.15, 0.2) is 146 Å². The van der Waals surface area contributed by atoms with E-state index in [1.165, 1.54) is 11.1 Å². The molecule has 0 saturated carbocycles. The third-order valence-electron chi connectivity index (χ3n) is 11.9. The number of imidazole rings is 2. The summed E-state index contributed by atoms with van der Waals surface area (Å²) in [6, 6.07) is 41.9. The molecule has 0 atom stereocenters. The maximum Gasteiger partial charge on any atom is 0.231 e. The van der Waals surface area contributed by atoms with Crippen molar-refractivity contribution in [2.75, 3.05) is 26.7 Å². The molecule has 10 aromatic rings. The standard InChI is InChI=1S/2C26H22N4O2/c2*27-11-1-2-17-3-7-20(8-4-17)30-15-29-23-14-28-22-9-5-18(12-21(22)26(23)30)19-6-10-24-25(13-19)32-16-31-24/h2*3-10,12-15H,1-2,11,16,27H2. The van der Waals surface area contributed by atoms with Gasteiger partial charge in [0.25, 0.3) is 0 Å². The molecule has 0 spiro atoms. The van der Waals surface area contributed by atoms with Crippen molar-refractivity contribution < 1.29 is 18.9 Å². The van der Waals surface area contributed by atoms with Crippen molar-refractivity contribution >= 4 is 43.9 Å². The highest BCUT2D eigenvalue weighted by atomic mass is 16.7. The second kappa shape index (κ2) is 16.8. The Kier molecular flexibility index (Phi) is 10.3. The fraction of sp³-hybridized carbons (Fsp3) is 0.154. The third kappa shape index (κ3) is 7.38. The highest BCUT2D eigenvalue weighted by Gasteiger charge is 2.18. The number of aryl methyl sites for hydroxylation is 2. The van der Waals surface area contributed by atoms with Gasteiger partial charge in [-0.3, -0.25) is 19.1 Å². The van der Waals surface area contributed by atoms with Crippen molar-refractivity contribution in [2.24, 2.45) is 11.5 Å². The first-order valence-electron chi connectivity index (χ1n) is 21.5. The highest BCUT2D eigenvalue weighted by molar-refractivity contribution is 6.05. The van der Waals surface area contributed by atoms with Gasteiger partial charge in [-0.25, -0.2) is 9.97 Å². The lowest BCUT2D eigenvalue weighted by Crippen LogP contribution is -2.00. The summed E-state index contributed by atoms with van der Waals surface area (Å²) in [5.74, 6) is 3.12. The molecule has 2 aliphatic heterocycles. The van der Waals surface area contributed by atoms with Crippen LogP contribution in [0.25, 0.3) is 77.5 Å². The molecule has 0 bridgehead atoms. The summed E-state index contributed by atoms with van der Waals surface area (Å²) in [5, 5.41) is 2.12. The topological polar surface area (TPSA) is 150 Å². The van der Waals surface area contributed by atoms with Crippen LogP contribution in [0.3, 0.4) is 0 Å². The van der Waals surface area contributed by atoms with Gasteiger partial charge in [0.15, 0.2) is 23.0 Å². The van der Waals surface area contributed by atoms with Crippen molar-refractivity contribution in [3.05, 3.63) is 158 Å². The molecule has 0 fully saturated rings. The number of hydrogen-bond donors (Lipinski definition) is 2. The molecule has 4 aromatic heterocycles. The number of pyridine rings is 2. The third-order valence-corrected chi connectivity index (χ3v) is 11.9. The molecule has 12 heteroatoms. The van der Waals surface area contributed by atoms with Gasteiger partial charge >= 0.3 is 0 Å². The Morgan fingerprint density at radius 2 is 0.828 bits per heavy atom. The van der Waals surface area contributed by atoms with E-state index in [2.05, 4.69) is 126 Å². The van der Waals surface area contributed by atoms with E-state index in [1.54, 1.807) is 0 Å². The van der Waals surface area contributed by atoms with E-state index < -0.39 is 0 Å². The van der Waals surface area contributed by atoms with E-state index in [4.69, 9.17) is 30.4 Å². The zero-order valence-corrected chi connectivity index (χ0v) is 35.0. The number of fused-ring (bicyclic) bond motifs is 8. The van der Waals surface area contributed by atoms with Gasteiger partial charge in [0, 0.05) is 22.1 Å². The van der Waals surface area contributed by atoms with E-state index >= 15 is 0 Å². The Labute approximate surface area is 368 Å². The van der Waals surface area contributed by atoms with Gasteiger partial charge in [-0.15, -0.1) is 0 Å². The van der Waals surface area contributed by atoms with Gasteiger partial charge in [0.2, 0.25) is 13.6 Å².